The fourth-order valence-electron chi connectivity index (χ4n) is 4.21. The highest BCUT2D eigenvalue weighted by Gasteiger charge is 2.41. The van der Waals surface area contributed by atoms with Gasteiger partial charge in [-0.3, -0.25) is 9.59 Å². The summed E-state index contributed by atoms with van der Waals surface area (Å²) in [6, 6.07) is 19.4. The van der Waals surface area contributed by atoms with Crippen LogP contribution in [-0.4, -0.2) is 11.8 Å². The summed E-state index contributed by atoms with van der Waals surface area (Å²) in [6.07, 6.45) is 0. The predicted octanol–water partition coefficient (Wildman–Crippen LogP) is 5.63. The normalized spacial score (nSPS) is 13.9. The van der Waals surface area contributed by atoms with E-state index in [-0.39, 0.29) is 11.8 Å². The van der Waals surface area contributed by atoms with Crippen molar-refractivity contribution in [3.8, 4) is 0 Å². The van der Waals surface area contributed by atoms with Crippen LogP contribution in [0.25, 0.3) is 5.57 Å². The van der Waals surface area contributed by atoms with Gasteiger partial charge >= 0.3 is 0 Å². The molecule has 2 amide bonds. The molecule has 156 valence electrons. The summed E-state index contributed by atoms with van der Waals surface area (Å²) in [5.41, 5.74) is 8.01. The molecule has 0 unspecified atom stereocenters. The average Bonchev–Trinajstić information content (AvgIpc) is 2.92. The predicted molar refractivity (Wildman–Crippen MR) is 126 cm³/mol. The molecule has 1 N–H and O–H groups in total. The number of benzene rings is 3. The van der Waals surface area contributed by atoms with Crippen LogP contribution in [0.4, 0.5) is 11.4 Å². The Balaban J connectivity index is 1.89. The molecule has 31 heavy (non-hydrogen) atoms. The summed E-state index contributed by atoms with van der Waals surface area (Å²) in [7, 11) is 0. The third-order valence-corrected chi connectivity index (χ3v) is 5.58. The number of para-hydroxylation sites is 1. The summed E-state index contributed by atoms with van der Waals surface area (Å²) in [6.45, 7) is 9.92. The number of imide groups is 1. The van der Waals surface area contributed by atoms with E-state index in [0.717, 1.165) is 39.1 Å². The molecular formula is C27H26N2O2. The molecule has 0 spiro atoms. The second kappa shape index (κ2) is 7.88. The zero-order chi connectivity index (χ0) is 22.3. The highest BCUT2D eigenvalue weighted by atomic mass is 16.2. The molecule has 1 aliphatic rings. The first-order chi connectivity index (χ1) is 14.8. The molecule has 3 aromatic carbocycles. The highest BCUT2D eigenvalue weighted by molar-refractivity contribution is 6.46. The van der Waals surface area contributed by atoms with E-state index < -0.39 is 0 Å². The van der Waals surface area contributed by atoms with Gasteiger partial charge in [-0.25, -0.2) is 4.90 Å². The van der Waals surface area contributed by atoms with Crippen LogP contribution in [-0.2, 0) is 9.59 Å². The van der Waals surface area contributed by atoms with E-state index in [4.69, 9.17) is 0 Å². The van der Waals surface area contributed by atoms with E-state index in [0.29, 0.717) is 17.0 Å². The van der Waals surface area contributed by atoms with Gasteiger partial charge in [0.2, 0.25) is 0 Å². The van der Waals surface area contributed by atoms with Crippen molar-refractivity contribution >= 4 is 28.8 Å². The van der Waals surface area contributed by atoms with Crippen molar-refractivity contribution in [2.45, 2.75) is 34.6 Å². The lowest BCUT2D eigenvalue weighted by Gasteiger charge is -2.18. The van der Waals surface area contributed by atoms with Crippen LogP contribution in [0.2, 0.25) is 0 Å². The topological polar surface area (TPSA) is 49.4 Å². The number of amides is 2. The van der Waals surface area contributed by atoms with Crippen molar-refractivity contribution in [2.24, 2.45) is 0 Å². The smallest absolute Gasteiger partial charge is 0.282 e. The number of nitrogens with zero attached hydrogens (tertiary/aromatic N) is 1. The molecule has 1 heterocycles. The summed E-state index contributed by atoms with van der Waals surface area (Å²) in [4.78, 5) is 28.5. The van der Waals surface area contributed by atoms with Crippen molar-refractivity contribution in [3.05, 3.63) is 99.7 Å². The van der Waals surface area contributed by atoms with Gasteiger partial charge in [-0.15, -0.1) is 0 Å². The van der Waals surface area contributed by atoms with Crippen molar-refractivity contribution in [1.29, 1.82) is 0 Å². The molecule has 0 saturated carbocycles. The number of nitrogens with one attached hydrogen (secondary N) is 1. The number of carbonyl (C=O) groups excluding carboxylic acids is 2. The molecule has 4 rings (SSSR count). The van der Waals surface area contributed by atoms with Crippen LogP contribution < -0.4 is 10.2 Å². The Morgan fingerprint density at radius 2 is 1.35 bits per heavy atom. The van der Waals surface area contributed by atoms with Crippen molar-refractivity contribution in [2.75, 3.05) is 10.2 Å². The number of hydrogen-bond acceptors (Lipinski definition) is 3. The van der Waals surface area contributed by atoms with Gasteiger partial charge in [0.15, 0.2) is 0 Å². The third kappa shape index (κ3) is 3.77. The van der Waals surface area contributed by atoms with E-state index in [1.54, 1.807) is 0 Å². The van der Waals surface area contributed by atoms with Gasteiger partial charge < -0.3 is 5.32 Å². The van der Waals surface area contributed by atoms with E-state index in [1.165, 1.54) is 4.90 Å². The average molecular weight is 411 g/mol. The van der Waals surface area contributed by atoms with Crippen LogP contribution in [0, 0.1) is 34.6 Å². The second-order valence-electron chi connectivity index (χ2n) is 8.30. The molecule has 3 aromatic rings. The molecule has 0 bridgehead atoms. The van der Waals surface area contributed by atoms with Crippen molar-refractivity contribution in [3.63, 3.8) is 0 Å². The summed E-state index contributed by atoms with van der Waals surface area (Å²) in [5.74, 6) is -0.647. The number of rotatable bonds is 4. The summed E-state index contributed by atoms with van der Waals surface area (Å²) < 4.78 is 0. The van der Waals surface area contributed by atoms with Gasteiger partial charge in [-0.2, -0.15) is 0 Å². The minimum Gasteiger partial charge on any atom is -0.350 e. The fourth-order valence-corrected chi connectivity index (χ4v) is 4.21. The van der Waals surface area contributed by atoms with E-state index in [1.807, 2.05) is 89.2 Å². The van der Waals surface area contributed by atoms with Gasteiger partial charge in [-0.05, 0) is 80.6 Å². The first-order valence-corrected chi connectivity index (χ1v) is 10.4. The molecule has 1 aliphatic heterocycles. The fraction of sp³-hybridized carbons (Fsp3) is 0.185. The molecule has 0 aromatic heterocycles. The van der Waals surface area contributed by atoms with Crippen LogP contribution in [0.5, 0.6) is 0 Å². The summed E-state index contributed by atoms with van der Waals surface area (Å²) >= 11 is 0. The molecule has 0 aliphatic carbocycles. The van der Waals surface area contributed by atoms with E-state index in [9.17, 15) is 9.59 Å². The molecular weight excluding hydrogens is 384 g/mol. The third-order valence-electron chi connectivity index (χ3n) is 5.58. The molecule has 0 radical (unpaired) electrons. The van der Waals surface area contributed by atoms with Gasteiger partial charge in [0.25, 0.3) is 11.8 Å². The Kier molecular flexibility index (Phi) is 5.24. The Labute approximate surface area is 183 Å². The SMILES string of the molecule is Cc1cc(C)cc(NC2=C(c3ccc(C)cc3C)C(=O)N(c3ccccc3C)C2=O)c1. The minimum atomic E-state index is -0.339. The quantitative estimate of drug-likeness (QED) is 0.568. The second-order valence-corrected chi connectivity index (χ2v) is 8.30. The molecule has 0 atom stereocenters. The maximum Gasteiger partial charge on any atom is 0.282 e. The van der Waals surface area contributed by atoms with Crippen LogP contribution >= 0.6 is 0 Å². The van der Waals surface area contributed by atoms with Gasteiger partial charge in [0.05, 0.1) is 11.3 Å². The Hall–Kier alpha value is -3.66. The van der Waals surface area contributed by atoms with Crippen molar-refractivity contribution in [1.82, 2.24) is 0 Å². The molecule has 0 saturated heterocycles. The molecule has 4 heteroatoms. The monoisotopic (exact) mass is 410 g/mol. The zero-order valence-corrected chi connectivity index (χ0v) is 18.5. The number of carbonyl (C=O) groups is 2. The summed E-state index contributed by atoms with van der Waals surface area (Å²) in [5, 5.41) is 3.28. The first-order valence-electron chi connectivity index (χ1n) is 10.4. The first kappa shape index (κ1) is 20.6. The van der Waals surface area contributed by atoms with E-state index in [2.05, 4.69) is 11.4 Å². The Morgan fingerprint density at radius 1 is 0.677 bits per heavy atom. The van der Waals surface area contributed by atoms with E-state index >= 15 is 0 Å². The lowest BCUT2D eigenvalue weighted by atomic mass is 9.97. The Morgan fingerprint density at radius 3 is 2.00 bits per heavy atom. The maximum absolute atomic E-state index is 13.6. The van der Waals surface area contributed by atoms with Gasteiger partial charge in [0.1, 0.15) is 5.70 Å². The van der Waals surface area contributed by atoms with Crippen LogP contribution in [0.3, 0.4) is 0 Å². The van der Waals surface area contributed by atoms with Crippen LogP contribution in [0.1, 0.15) is 33.4 Å². The number of aryl methyl sites for hydroxylation is 5. The Bertz CT molecular complexity index is 1230. The maximum atomic E-state index is 13.6. The van der Waals surface area contributed by atoms with Gasteiger partial charge in [0, 0.05) is 5.69 Å². The lowest BCUT2D eigenvalue weighted by Crippen LogP contribution is -2.33. The zero-order valence-electron chi connectivity index (χ0n) is 18.5. The molecule has 0 fully saturated rings. The largest absolute Gasteiger partial charge is 0.350 e. The lowest BCUT2D eigenvalue weighted by molar-refractivity contribution is -0.120. The number of anilines is 2. The standard InChI is InChI=1S/C27H26N2O2/c1-16-10-11-22(20(5)13-16)24-25(28-21-14-17(2)12-18(3)15-21)27(31)29(26(24)30)23-9-7-6-8-19(23)4/h6-15,28H,1-5H3. The van der Waals surface area contributed by atoms with Gasteiger partial charge in [-0.1, -0.05) is 48.0 Å². The van der Waals surface area contributed by atoms with Crippen LogP contribution in [0.15, 0.2) is 66.4 Å². The van der Waals surface area contributed by atoms with Crippen molar-refractivity contribution < 1.29 is 9.59 Å². The molecule has 4 nitrogen and oxygen atoms in total. The minimum absolute atomic E-state index is 0.307. The number of hydrogen-bond donors (Lipinski definition) is 1. The highest BCUT2D eigenvalue weighted by Crippen LogP contribution is 2.36.